The minimum Gasteiger partial charge on any atom is -0.458 e. The van der Waals surface area contributed by atoms with Crippen LogP contribution in [0.15, 0.2) is 233 Å². The van der Waals surface area contributed by atoms with Gasteiger partial charge in [0.1, 0.15) is 33.8 Å². The molecule has 0 atom stereocenters. The fourth-order valence-corrected chi connectivity index (χ4v) is 15.1. The maximum Gasteiger partial charge on any atom is 0.256 e. The number of rotatable bonds is 4. The molecule has 7 heteroatoms. The predicted octanol–water partition coefficient (Wildman–Crippen LogP) is 18.0. The van der Waals surface area contributed by atoms with Gasteiger partial charge in [-0.15, -0.1) is 0 Å². The summed E-state index contributed by atoms with van der Waals surface area (Å²) < 4.78 is 29.3. The summed E-state index contributed by atoms with van der Waals surface area (Å²) in [6.07, 6.45) is 0. The van der Waals surface area contributed by atoms with E-state index in [4.69, 9.17) is 13.6 Å². The van der Waals surface area contributed by atoms with Crippen LogP contribution in [0.25, 0.3) is 149 Å². The van der Waals surface area contributed by atoms with Crippen LogP contribution >= 0.6 is 0 Å². The molecule has 0 amide bonds. The Balaban J connectivity index is 0.952. The number of para-hydroxylation sites is 4. The zero-order valence-corrected chi connectivity index (χ0v) is 45.0. The molecule has 0 saturated carbocycles. The first-order chi connectivity index (χ1) is 40.4. The topological polar surface area (TPSA) is 50.3 Å². The molecular formula is C75H46BN3O3. The van der Waals surface area contributed by atoms with Crippen molar-refractivity contribution < 1.29 is 13.6 Å². The molecule has 0 aliphatic carbocycles. The highest BCUT2D eigenvalue weighted by Crippen LogP contribution is 2.49. The third-order valence-electron chi connectivity index (χ3n) is 18.3. The fraction of sp³-hybridized carbons (Fsp3) is 0.0400. The lowest BCUT2D eigenvalue weighted by atomic mass is 9.34. The number of nitrogens with zero attached hydrogens (tertiary/aromatic N) is 3. The summed E-state index contributed by atoms with van der Waals surface area (Å²) in [5, 5.41) is 11.2. The van der Waals surface area contributed by atoms with Gasteiger partial charge in [0.05, 0.1) is 43.9 Å². The van der Waals surface area contributed by atoms with Gasteiger partial charge in [0.2, 0.25) is 0 Å². The van der Waals surface area contributed by atoms with E-state index in [1.165, 1.54) is 65.9 Å². The average molecular weight is 1050 g/mol. The summed E-state index contributed by atoms with van der Waals surface area (Å²) in [5.74, 6) is 1.72. The summed E-state index contributed by atoms with van der Waals surface area (Å²) in [6.45, 7) is 6.46. The normalized spacial score (nSPS) is 12.9. The van der Waals surface area contributed by atoms with Gasteiger partial charge >= 0.3 is 0 Å². The lowest BCUT2D eigenvalue weighted by Gasteiger charge is -2.34. The van der Waals surface area contributed by atoms with Crippen molar-refractivity contribution in [3.8, 4) is 50.8 Å². The monoisotopic (exact) mass is 1050 g/mol. The molecule has 382 valence electrons. The van der Waals surface area contributed by atoms with Crippen molar-refractivity contribution in [2.24, 2.45) is 0 Å². The average Bonchev–Trinajstić information content (AvgIpc) is 1.62. The molecule has 19 rings (SSSR count). The molecule has 2 aliphatic rings. The molecule has 5 aromatic heterocycles. The highest BCUT2D eigenvalue weighted by molar-refractivity contribution is 6.99. The van der Waals surface area contributed by atoms with Crippen LogP contribution in [-0.4, -0.2) is 20.4 Å². The number of fused-ring (bicyclic) bond motifs is 21. The quantitative estimate of drug-likeness (QED) is 0.165. The van der Waals surface area contributed by atoms with E-state index in [-0.39, 0.29) is 6.71 Å². The van der Waals surface area contributed by atoms with Crippen molar-refractivity contribution in [2.45, 2.75) is 20.8 Å². The Morgan fingerprint density at radius 1 is 0.354 bits per heavy atom. The first-order valence-electron chi connectivity index (χ1n) is 28.3. The minimum absolute atomic E-state index is 0.196. The number of hydrogen-bond acceptors (Lipinski definition) is 3. The number of benzene rings is 12. The second kappa shape index (κ2) is 15.9. The van der Waals surface area contributed by atoms with Crippen molar-refractivity contribution >= 4 is 132 Å². The number of furan rings is 2. The van der Waals surface area contributed by atoms with Crippen LogP contribution in [0.5, 0.6) is 11.5 Å². The van der Waals surface area contributed by atoms with Crippen molar-refractivity contribution in [1.82, 2.24) is 13.7 Å². The lowest BCUT2D eigenvalue weighted by molar-refractivity contribution is 0.487. The van der Waals surface area contributed by atoms with Crippen molar-refractivity contribution in [2.75, 3.05) is 0 Å². The van der Waals surface area contributed by atoms with Gasteiger partial charge in [-0.3, -0.25) is 0 Å². The number of hydrogen-bond donors (Lipinski definition) is 0. The van der Waals surface area contributed by atoms with Gasteiger partial charge in [-0.1, -0.05) is 139 Å². The van der Waals surface area contributed by atoms with Crippen LogP contribution in [0.2, 0.25) is 0 Å². The van der Waals surface area contributed by atoms with Gasteiger partial charge in [0, 0.05) is 60.2 Å². The maximum absolute atomic E-state index is 7.41. The van der Waals surface area contributed by atoms with Crippen LogP contribution in [0, 0.1) is 20.8 Å². The van der Waals surface area contributed by atoms with E-state index in [1.807, 2.05) is 0 Å². The number of aryl methyl sites for hydroxylation is 3. The van der Waals surface area contributed by atoms with Crippen LogP contribution < -0.4 is 21.1 Å². The fourth-order valence-electron chi connectivity index (χ4n) is 15.1. The Labute approximate surface area is 469 Å². The molecule has 2 aliphatic heterocycles. The molecule has 0 saturated heterocycles. The molecule has 7 heterocycles. The highest BCUT2D eigenvalue weighted by Gasteiger charge is 2.43. The van der Waals surface area contributed by atoms with Crippen LogP contribution in [0.1, 0.15) is 16.7 Å². The zero-order valence-electron chi connectivity index (χ0n) is 45.0. The summed E-state index contributed by atoms with van der Waals surface area (Å²) in [4.78, 5) is 0. The molecule has 0 N–H and O–H groups in total. The van der Waals surface area contributed by atoms with Crippen molar-refractivity contribution in [3.05, 3.63) is 241 Å². The Hall–Kier alpha value is -10.5. The van der Waals surface area contributed by atoms with Crippen molar-refractivity contribution in [3.63, 3.8) is 0 Å². The second-order valence-electron chi connectivity index (χ2n) is 22.9. The second-order valence-corrected chi connectivity index (χ2v) is 22.9. The molecule has 12 aromatic carbocycles. The van der Waals surface area contributed by atoms with Crippen LogP contribution in [0.4, 0.5) is 0 Å². The third kappa shape index (κ3) is 5.78. The minimum atomic E-state index is -0.196. The van der Waals surface area contributed by atoms with E-state index in [2.05, 4.69) is 259 Å². The largest absolute Gasteiger partial charge is 0.458 e. The molecule has 6 nitrogen and oxygen atoms in total. The summed E-state index contributed by atoms with van der Waals surface area (Å²) in [6, 6.07) is 82.2. The molecule has 82 heavy (non-hydrogen) atoms. The van der Waals surface area contributed by atoms with Gasteiger partial charge in [-0.05, 0) is 162 Å². The van der Waals surface area contributed by atoms with E-state index >= 15 is 0 Å². The summed E-state index contributed by atoms with van der Waals surface area (Å²) in [5.41, 5.74) is 25.3. The first kappa shape index (κ1) is 44.4. The standard InChI is InChI=1S/C75H46BN3O3/c1-41-33-42(2)69(43(3)34-41)45-25-30-67-57(35-45)76-58-40-56-55-39-48(78-61-23-13-9-19-51(61)52-20-10-14-24-62(52)78)27-32-66(55)82-75(56)71-70-63(79(73(58)71)64-36-46(37-68(80-67)72(64)76)44-15-5-4-6-16-44)29-28-53-54-38-47(26-31-65(54)81-74(53)70)77-59-21-11-7-17-49(59)50-18-8-12-22-60(50)77/h4-40H,1-3H3. The smallest absolute Gasteiger partial charge is 0.256 e. The van der Waals surface area contributed by atoms with Crippen LogP contribution in [-0.2, 0) is 0 Å². The van der Waals surface area contributed by atoms with Crippen molar-refractivity contribution in [1.29, 1.82) is 0 Å². The van der Waals surface area contributed by atoms with Gasteiger partial charge in [0.25, 0.3) is 6.71 Å². The van der Waals surface area contributed by atoms with E-state index in [0.717, 1.165) is 127 Å². The SMILES string of the molecule is Cc1cc(C)c(-c2ccc3c(c2)B2c4c(cc(-c5ccccc5)cc4-n4c5ccc6c7cc(-n8c9ccccc9c9ccccc98)ccc7oc6c5c5c6oc7ccc(-n8c9ccccc9c9ccccc98)cc7c6cc2c54)O3)c(C)c1. The van der Waals surface area contributed by atoms with E-state index in [9.17, 15) is 0 Å². The molecule has 0 radical (unpaired) electrons. The van der Waals surface area contributed by atoms with Gasteiger partial charge < -0.3 is 27.3 Å². The molecule has 0 bridgehead atoms. The Morgan fingerprint density at radius 3 is 1.52 bits per heavy atom. The maximum atomic E-state index is 7.41. The van der Waals surface area contributed by atoms with Crippen LogP contribution in [0.3, 0.4) is 0 Å². The predicted molar refractivity (Wildman–Crippen MR) is 340 cm³/mol. The first-order valence-corrected chi connectivity index (χ1v) is 28.3. The zero-order chi connectivity index (χ0) is 53.8. The van der Waals surface area contributed by atoms with Gasteiger partial charge in [-0.2, -0.15) is 0 Å². The number of ether oxygens (including phenoxy) is 1. The molecule has 17 aromatic rings. The molecule has 0 spiro atoms. The lowest BCUT2D eigenvalue weighted by Crippen LogP contribution is -2.58. The molecular weight excluding hydrogens is 1000 g/mol. The van der Waals surface area contributed by atoms with E-state index in [1.54, 1.807) is 0 Å². The number of aromatic nitrogens is 3. The molecule has 0 fully saturated rings. The highest BCUT2D eigenvalue weighted by atomic mass is 16.5. The summed E-state index contributed by atoms with van der Waals surface area (Å²) in [7, 11) is 0. The Bertz CT molecular complexity index is 5600. The molecule has 0 unspecified atom stereocenters. The Kier molecular flexibility index (Phi) is 8.59. The Morgan fingerprint density at radius 2 is 0.915 bits per heavy atom. The summed E-state index contributed by atoms with van der Waals surface area (Å²) >= 11 is 0. The van der Waals surface area contributed by atoms with E-state index < -0.39 is 0 Å². The van der Waals surface area contributed by atoms with Gasteiger partial charge in [-0.25, -0.2) is 0 Å². The van der Waals surface area contributed by atoms with E-state index in [0.29, 0.717) is 0 Å². The van der Waals surface area contributed by atoms with Gasteiger partial charge in [0.15, 0.2) is 0 Å². The third-order valence-corrected chi connectivity index (χ3v) is 18.3.